The molecule has 1 aromatic rings. The van der Waals surface area contributed by atoms with Gasteiger partial charge in [-0.1, -0.05) is 25.1 Å². The molecule has 7 atom stereocenters. The van der Waals surface area contributed by atoms with Crippen molar-refractivity contribution in [2.75, 3.05) is 13.1 Å². The van der Waals surface area contributed by atoms with Gasteiger partial charge in [-0.2, -0.15) is 18.4 Å². The standard InChI is InChI=1S/C24H27F3N4O2/c1-13(22(32)31-16(10-28)7-15-8-20(15)31)11-29-12-17-9-21(29)23(33)30(17)14(2)18-5-3-4-6-19(18)24(25,26)27/h3-6,13-17,20-21H,7-9,11-12H2,1-2H3/t13-,14+,15+,16-,17?,20?,21+/m0/s1. The summed E-state index contributed by atoms with van der Waals surface area (Å²) in [5.74, 6) is -0.103. The molecule has 4 aliphatic rings. The fourth-order valence-corrected chi connectivity index (χ4v) is 6.24. The van der Waals surface area contributed by atoms with E-state index < -0.39 is 23.8 Å². The molecule has 6 nitrogen and oxygen atoms in total. The number of alkyl halides is 3. The second kappa shape index (κ2) is 7.73. The van der Waals surface area contributed by atoms with Crippen LogP contribution in [-0.4, -0.2) is 63.8 Å². The number of nitrogens with zero attached hydrogens (tertiary/aromatic N) is 4. The second-order valence-corrected chi connectivity index (χ2v) is 9.96. The van der Waals surface area contributed by atoms with Gasteiger partial charge in [0.1, 0.15) is 6.04 Å². The van der Waals surface area contributed by atoms with Gasteiger partial charge >= 0.3 is 6.18 Å². The lowest BCUT2D eigenvalue weighted by Gasteiger charge is -2.39. The maximum absolute atomic E-state index is 13.5. The highest BCUT2D eigenvalue weighted by atomic mass is 19.4. The van der Waals surface area contributed by atoms with E-state index in [1.807, 2.05) is 11.8 Å². The first-order valence-corrected chi connectivity index (χ1v) is 11.6. The lowest BCUT2D eigenvalue weighted by Crippen LogP contribution is -2.53. The maximum Gasteiger partial charge on any atom is 0.416 e. The Morgan fingerprint density at radius 3 is 2.61 bits per heavy atom. The third-order valence-corrected chi connectivity index (χ3v) is 7.89. The molecule has 9 heteroatoms. The number of piperazine rings is 1. The van der Waals surface area contributed by atoms with Crippen LogP contribution in [0.5, 0.6) is 0 Å². The molecule has 2 unspecified atom stereocenters. The molecule has 2 bridgehead atoms. The largest absolute Gasteiger partial charge is 0.416 e. The third kappa shape index (κ3) is 3.59. The molecule has 4 fully saturated rings. The van der Waals surface area contributed by atoms with Crippen molar-refractivity contribution < 1.29 is 22.8 Å². The normalized spacial score (nSPS) is 32.6. The molecule has 176 valence electrons. The Hall–Kier alpha value is -2.60. The van der Waals surface area contributed by atoms with Crippen molar-refractivity contribution in [2.24, 2.45) is 11.8 Å². The van der Waals surface area contributed by atoms with Crippen molar-refractivity contribution in [3.63, 3.8) is 0 Å². The van der Waals surface area contributed by atoms with Crippen molar-refractivity contribution in [1.29, 1.82) is 5.26 Å². The molecule has 33 heavy (non-hydrogen) atoms. The van der Waals surface area contributed by atoms with Gasteiger partial charge in [0.15, 0.2) is 0 Å². The molecule has 1 aromatic carbocycles. The number of rotatable bonds is 5. The molecule has 0 spiro atoms. The Morgan fingerprint density at radius 2 is 1.94 bits per heavy atom. The monoisotopic (exact) mass is 460 g/mol. The zero-order chi connectivity index (χ0) is 23.7. The molecule has 3 heterocycles. The fourth-order valence-electron chi connectivity index (χ4n) is 6.24. The van der Waals surface area contributed by atoms with Crippen molar-refractivity contribution in [3.8, 4) is 6.07 Å². The predicted molar refractivity (Wildman–Crippen MR) is 112 cm³/mol. The number of amides is 2. The van der Waals surface area contributed by atoms with E-state index in [2.05, 4.69) is 6.07 Å². The van der Waals surface area contributed by atoms with Gasteiger partial charge in [0.2, 0.25) is 11.8 Å². The quantitative estimate of drug-likeness (QED) is 0.677. The molecule has 0 aromatic heterocycles. The SMILES string of the molecule is C[C@H](c1ccccc1C(F)(F)F)N1C(=O)[C@H]2CC1CN2C[C@H](C)C(=O)N1C2C[C@H]2C[C@H]1C#N. The Labute approximate surface area is 190 Å². The molecule has 2 amide bonds. The summed E-state index contributed by atoms with van der Waals surface area (Å²) in [5.41, 5.74) is -0.600. The smallest absolute Gasteiger partial charge is 0.330 e. The minimum absolute atomic E-state index is 0.0360. The minimum Gasteiger partial charge on any atom is -0.330 e. The fraction of sp³-hybridized carbons (Fsp3) is 0.625. The van der Waals surface area contributed by atoms with Gasteiger partial charge in [0.25, 0.3) is 0 Å². The summed E-state index contributed by atoms with van der Waals surface area (Å²) in [6.45, 7) is 4.45. The Kier molecular flexibility index (Phi) is 5.20. The third-order valence-electron chi connectivity index (χ3n) is 7.89. The van der Waals surface area contributed by atoms with Crippen LogP contribution >= 0.6 is 0 Å². The van der Waals surface area contributed by atoms with Crippen LogP contribution in [0.2, 0.25) is 0 Å². The van der Waals surface area contributed by atoms with E-state index in [4.69, 9.17) is 0 Å². The molecule has 0 radical (unpaired) electrons. The molecule has 3 saturated heterocycles. The van der Waals surface area contributed by atoms with Gasteiger partial charge < -0.3 is 9.80 Å². The Morgan fingerprint density at radius 1 is 1.21 bits per heavy atom. The van der Waals surface area contributed by atoms with Crippen molar-refractivity contribution in [1.82, 2.24) is 14.7 Å². The molecule has 1 aliphatic carbocycles. The first kappa shape index (κ1) is 22.2. The van der Waals surface area contributed by atoms with Crippen LogP contribution in [0, 0.1) is 23.2 Å². The van der Waals surface area contributed by atoms with Crippen LogP contribution in [0.3, 0.4) is 0 Å². The topological polar surface area (TPSA) is 67.7 Å². The maximum atomic E-state index is 13.5. The highest BCUT2D eigenvalue weighted by molar-refractivity contribution is 5.86. The second-order valence-electron chi connectivity index (χ2n) is 9.96. The van der Waals surface area contributed by atoms with E-state index in [1.165, 1.54) is 12.1 Å². The number of halogens is 3. The highest BCUT2D eigenvalue weighted by Crippen LogP contribution is 2.48. The van der Waals surface area contributed by atoms with Crippen LogP contribution in [0.1, 0.15) is 50.3 Å². The summed E-state index contributed by atoms with van der Waals surface area (Å²) in [6.07, 6.45) is -2.20. The van der Waals surface area contributed by atoms with Crippen LogP contribution in [0.25, 0.3) is 0 Å². The molecule has 1 saturated carbocycles. The summed E-state index contributed by atoms with van der Waals surface area (Å²) in [4.78, 5) is 31.6. The van der Waals surface area contributed by atoms with E-state index in [9.17, 15) is 28.0 Å². The van der Waals surface area contributed by atoms with Gasteiger partial charge in [-0.05, 0) is 43.7 Å². The van der Waals surface area contributed by atoms with E-state index in [0.717, 1.165) is 18.9 Å². The van der Waals surface area contributed by atoms with Crippen molar-refractivity contribution in [3.05, 3.63) is 35.4 Å². The van der Waals surface area contributed by atoms with Gasteiger partial charge in [-0.15, -0.1) is 0 Å². The molecule has 5 rings (SSSR count). The van der Waals surface area contributed by atoms with Gasteiger partial charge in [0.05, 0.1) is 23.7 Å². The zero-order valence-electron chi connectivity index (χ0n) is 18.6. The highest BCUT2D eigenvalue weighted by Gasteiger charge is 2.56. The first-order valence-electron chi connectivity index (χ1n) is 11.6. The summed E-state index contributed by atoms with van der Waals surface area (Å²) in [7, 11) is 0. The number of piperidine rings is 1. The first-order chi connectivity index (χ1) is 15.6. The number of fused-ring (bicyclic) bond motifs is 3. The van der Waals surface area contributed by atoms with Gasteiger partial charge in [0, 0.05) is 31.1 Å². The lowest BCUT2D eigenvalue weighted by atomic mass is 9.99. The summed E-state index contributed by atoms with van der Waals surface area (Å²) in [5, 5.41) is 9.38. The average Bonchev–Trinajstić information content (AvgIpc) is 3.11. The van der Waals surface area contributed by atoms with Gasteiger partial charge in [-0.3, -0.25) is 14.5 Å². The number of likely N-dealkylation sites (tertiary alicyclic amines) is 3. The number of hydrogen-bond donors (Lipinski definition) is 0. The molecular formula is C24H27F3N4O2. The Bertz CT molecular complexity index is 1020. The number of carbonyl (C=O) groups excluding carboxylic acids is 2. The molecule has 3 aliphatic heterocycles. The number of nitriles is 1. The van der Waals surface area contributed by atoms with Crippen LogP contribution in [-0.2, 0) is 15.8 Å². The van der Waals surface area contributed by atoms with E-state index in [1.54, 1.807) is 22.8 Å². The molecular weight excluding hydrogens is 433 g/mol. The Balaban J connectivity index is 1.26. The van der Waals surface area contributed by atoms with Crippen LogP contribution in [0.15, 0.2) is 24.3 Å². The average molecular weight is 461 g/mol. The summed E-state index contributed by atoms with van der Waals surface area (Å²) in [6, 6.07) is 6.23. The molecule has 0 N–H and O–H groups in total. The zero-order valence-corrected chi connectivity index (χ0v) is 18.6. The summed E-state index contributed by atoms with van der Waals surface area (Å²) < 4.78 is 40.5. The van der Waals surface area contributed by atoms with Crippen LogP contribution < -0.4 is 0 Å². The summed E-state index contributed by atoms with van der Waals surface area (Å²) >= 11 is 0. The van der Waals surface area contributed by atoms with E-state index >= 15 is 0 Å². The van der Waals surface area contributed by atoms with E-state index in [0.29, 0.717) is 25.4 Å². The van der Waals surface area contributed by atoms with Crippen LogP contribution in [0.4, 0.5) is 13.2 Å². The number of carbonyl (C=O) groups is 2. The van der Waals surface area contributed by atoms with Crippen molar-refractivity contribution >= 4 is 11.8 Å². The van der Waals surface area contributed by atoms with E-state index in [-0.39, 0.29) is 41.4 Å². The lowest BCUT2D eigenvalue weighted by molar-refractivity contribution is -0.144. The number of benzene rings is 1. The minimum atomic E-state index is -4.48. The van der Waals surface area contributed by atoms with Gasteiger partial charge in [-0.25, -0.2) is 0 Å². The number of hydrogen-bond acceptors (Lipinski definition) is 4. The predicted octanol–water partition coefficient (Wildman–Crippen LogP) is 3.20. The van der Waals surface area contributed by atoms with Crippen molar-refractivity contribution in [2.45, 2.75) is 69.5 Å².